The number of H-pyrrole nitrogens is 1. The second-order valence-electron chi connectivity index (χ2n) is 7.37. The molecule has 1 aromatic rings. The summed E-state index contributed by atoms with van der Waals surface area (Å²) in [5.74, 6) is 0.269. The SMILES string of the molecule is CCCCCCCCC1CCC(OC(C)=O)c2[nH]c(C)c(OC)c(=O)c21. The van der Waals surface area contributed by atoms with Crippen molar-refractivity contribution in [2.45, 2.75) is 90.6 Å². The van der Waals surface area contributed by atoms with Gasteiger partial charge in [-0.2, -0.15) is 0 Å². The van der Waals surface area contributed by atoms with E-state index < -0.39 is 0 Å². The van der Waals surface area contributed by atoms with Crippen molar-refractivity contribution in [3.05, 3.63) is 27.2 Å². The average molecular weight is 363 g/mol. The van der Waals surface area contributed by atoms with Gasteiger partial charge in [-0.1, -0.05) is 45.4 Å². The van der Waals surface area contributed by atoms with E-state index in [0.717, 1.165) is 36.9 Å². The second kappa shape index (κ2) is 9.79. The number of aryl methyl sites for hydroxylation is 1. The molecule has 1 N–H and O–H groups in total. The van der Waals surface area contributed by atoms with Gasteiger partial charge in [0, 0.05) is 12.5 Å². The Labute approximate surface area is 156 Å². The Kier molecular flexibility index (Phi) is 7.73. The van der Waals surface area contributed by atoms with E-state index >= 15 is 0 Å². The van der Waals surface area contributed by atoms with Crippen molar-refractivity contribution in [2.24, 2.45) is 0 Å². The fourth-order valence-electron chi connectivity index (χ4n) is 4.07. The molecular weight excluding hydrogens is 330 g/mol. The number of hydrogen-bond acceptors (Lipinski definition) is 4. The summed E-state index contributed by atoms with van der Waals surface area (Å²) in [7, 11) is 1.53. The van der Waals surface area contributed by atoms with Crippen molar-refractivity contribution < 1.29 is 14.3 Å². The van der Waals surface area contributed by atoms with Gasteiger partial charge in [0.1, 0.15) is 6.10 Å². The van der Waals surface area contributed by atoms with E-state index in [1.54, 1.807) is 0 Å². The fourth-order valence-corrected chi connectivity index (χ4v) is 4.07. The summed E-state index contributed by atoms with van der Waals surface area (Å²) in [6.45, 7) is 5.46. The van der Waals surface area contributed by atoms with Crippen LogP contribution in [0.1, 0.15) is 101 Å². The molecule has 0 saturated carbocycles. The Morgan fingerprint density at radius 1 is 1.15 bits per heavy atom. The number of carbonyl (C=O) groups excluding carboxylic acids is 1. The molecule has 1 aromatic heterocycles. The second-order valence-corrected chi connectivity index (χ2v) is 7.37. The lowest BCUT2D eigenvalue weighted by molar-refractivity contribution is -0.147. The zero-order valence-corrected chi connectivity index (χ0v) is 16.7. The molecule has 0 saturated heterocycles. The number of fused-ring (bicyclic) bond motifs is 1. The molecule has 0 aliphatic heterocycles. The minimum atomic E-state index is -0.361. The first-order chi connectivity index (χ1) is 12.5. The molecule has 2 atom stereocenters. The van der Waals surface area contributed by atoms with Gasteiger partial charge in [0.15, 0.2) is 5.75 Å². The third-order valence-corrected chi connectivity index (χ3v) is 5.33. The van der Waals surface area contributed by atoms with Crippen molar-refractivity contribution in [3.63, 3.8) is 0 Å². The minimum Gasteiger partial charge on any atom is -0.491 e. The van der Waals surface area contributed by atoms with Crippen LogP contribution in [0, 0.1) is 6.92 Å². The summed E-state index contributed by atoms with van der Waals surface area (Å²) in [5.41, 5.74) is 2.17. The van der Waals surface area contributed by atoms with Crippen LogP contribution in [0.15, 0.2) is 4.79 Å². The first-order valence-electron chi connectivity index (χ1n) is 9.97. The number of carbonyl (C=O) groups is 1. The molecule has 0 bridgehead atoms. The van der Waals surface area contributed by atoms with Gasteiger partial charge in [0.25, 0.3) is 0 Å². The average Bonchev–Trinajstić information content (AvgIpc) is 2.59. The molecule has 5 nitrogen and oxygen atoms in total. The van der Waals surface area contributed by atoms with Gasteiger partial charge in [-0.25, -0.2) is 0 Å². The van der Waals surface area contributed by atoms with Crippen LogP contribution in [-0.2, 0) is 9.53 Å². The van der Waals surface area contributed by atoms with E-state index in [-0.39, 0.29) is 23.4 Å². The first-order valence-corrected chi connectivity index (χ1v) is 9.97. The summed E-state index contributed by atoms with van der Waals surface area (Å²) in [4.78, 5) is 27.7. The fraction of sp³-hybridized carbons (Fsp3) is 0.714. The number of ether oxygens (including phenoxy) is 2. The molecule has 0 spiro atoms. The van der Waals surface area contributed by atoms with E-state index in [9.17, 15) is 9.59 Å². The summed E-state index contributed by atoms with van der Waals surface area (Å²) >= 11 is 0. The van der Waals surface area contributed by atoms with Gasteiger partial charge in [0.05, 0.1) is 18.5 Å². The maximum absolute atomic E-state index is 13.0. The first kappa shape index (κ1) is 20.5. The summed E-state index contributed by atoms with van der Waals surface area (Å²) in [6, 6.07) is 0. The molecular formula is C21H33NO4. The molecule has 1 heterocycles. The number of aromatic amines is 1. The number of rotatable bonds is 9. The van der Waals surface area contributed by atoms with Crippen molar-refractivity contribution >= 4 is 5.97 Å². The topological polar surface area (TPSA) is 68.4 Å². The molecule has 146 valence electrons. The Hall–Kier alpha value is -1.78. The van der Waals surface area contributed by atoms with E-state index in [1.165, 1.54) is 46.1 Å². The summed E-state index contributed by atoms with van der Waals surface area (Å²) < 4.78 is 10.8. The highest BCUT2D eigenvalue weighted by molar-refractivity contribution is 5.66. The van der Waals surface area contributed by atoms with Crippen molar-refractivity contribution in [2.75, 3.05) is 7.11 Å². The highest BCUT2D eigenvalue weighted by atomic mass is 16.5. The lowest BCUT2D eigenvalue weighted by Gasteiger charge is -2.31. The van der Waals surface area contributed by atoms with Gasteiger partial charge < -0.3 is 14.5 Å². The standard InChI is InChI=1S/C21H33NO4/c1-5-6-7-8-9-10-11-16-12-13-17(26-15(3)23)19-18(16)20(24)21(25-4)14(2)22-19/h16-17H,5-13H2,1-4H3,(H,22,24). The van der Waals surface area contributed by atoms with Crippen molar-refractivity contribution in [1.29, 1.82) is 0 Å². The van der Waals surface area contributed by atoms with Crippen LogP contribution in [0.4, 0.5) is 0 Å². The third kappa shape index (κ3) is 4.89. The lowest BCUT2D eigenvalue weighted by atomic mass is 9.80. The number of nitrogens with one attached hydrogen (secondary N) is 1. The van der Waals surface area contributed by atoms with Crippen molar-refractivity contribution in [3.8, 4) is 5.75 Å². The van der Waals surface area contributed by atoms with E-state index in [1.807, 2.05) is 6.92 Å². The molecule has 0 amide bonds. The molecule has 0 aromatic carbocycles. The zero-order valence-electron chi connectivity index (χ0n) is 16.7. The van der Waals surface area contributed by atoms with E-state index in [4.69, 9.17) is 9.47 Å². The monoisotopic (exact) mass is 363 g/mol. The lowest BCUT2D eigenvalue weighted by Crippen LogP contribution is -2.28. The van der Waals surface area contributed by atoms with Crippen LogP contribution in [0.3, 0.4) is 0 Å². The van der Waals surface area contributed by atoms with Gasteiger partial charge >= 0.3 is 5.97 Å². The smallest absolute Gasteiger partial charge is 0.303 e. The molecule has 1 aliphatic rings. The van der Waals surface area contributed by atoms with Crippen LogP contribution < -0.4 is 10.2 Å². The van der Waals surface area contributed by atoms with E-state index in [2.05, 4.69) is 11.9 Å². The molecule has 26 heavy (non-hydrogen) atoms. The van der Waals surface area contributed by atoms with Gasteiger partial charge in [0.2, 0.25) is 5.43 Å². The number of esters is 1. The Bertz CT molecular complexity index is 665. The third-order valence-electron chi connectivity index (χ3n) is 5.33. The van der Waals surface area contributed by atoms with Gasteiger partial charge in [-0.15, -0.1) is 0 Å². The quantitative estimate of drug-likeness (QED) is 0.499. The van der Waals surface area contributed by atoms with Crippen LogP contribution in [0.25, 0.3) is 0 Å². The highest BCUT2D eigenvalue weighted by Crippen LogP contribution is 2.40. The van der Waals surface area contributed by atoms with Crippen LogP contribution in [-0.4, -0.2) is 18.1 Å². The Morgan fingerprint density at radius 2 is 1.85 bits per heavy atom. The van der Waals surface area contributed by atoms with E-state index in [0.29, 0.717) is 11.4 Å². The predicted molar refractivity (Wildman–Crippen MR) is 103 cm³/mol. The number of hydrogen-bond donors (Lipinski definition) is 1. The summed E-state index contributed by atoms with van der Waals surface area (Å²) in [5, 5.41) is 0. The van der Waals surface area contributed by atoms with Crippen molar-refractivity contribution in [1.82, 2.24) is 4.98 Å². The zero-order chi connectivity index (χ0) is 19.1. The maximum atomic E-state index is 13.0. The minimum absolute atomic E-state index is 0.0495. The van der Waals surface area contributed by atoms with Crippen LogP contribution >= 0.6 is 0 Å². The Morgan fingerprint density at radius 3 is 2.50 bits per heavy atom. The van der Waals surface area contributed by atoms with Crippen LogP contribution in [0.5, 0.6) is 5.75 Å². The largest absolute Gasteiger partial charge is 0.491 e. The Balaban J connectivity index is 2.20. The number of aromatic nitrogens is 1. The predicted octanol–water partition coefficient (Wildman–Crippen LogP) is 4.92. The number of methoxy groups -OCH3 is 1. The van der Waals surface area contributed by atoms with Gasteiger partial charge in [-0.3, -0.25) is 9.59 Å². The summed E-state index contributed by atoms with van der Waals surface area (Å²) in [6.07, 6.45) is 9.71. The molecule has 2 unspecified atom stereocenters. The number of unbranched alkanes of at least 4 members (excludes halogenated alkanes) is 5. The number of pyridine rings is 1. The molecule has 1 aliphatic carbocycles. The molecule has 0 radical (unpaired) electrons. The molecule has 0 fully saturated rings. The highest BCUT2D eigenvalue weighted by Gasteiger charge is 2.33. The van der Waals surface area contributed by atoms with Crippen LogP contribution in [0.2, 0.25) is 0 Å². The molecule has 5 heteroatoms. The maximum Gasteiger partial charge on any atom is 0.303 e. The molecule has 2 rings (SSSR count). The van der Waals surface area contributed by atoms with Gasteiger partial charge in [-0.05, 0) is 32.1 Å². The normalized spacial score (nSPS) is 19.1.